The molecule has 0 bridgehead atoms. The highest BCUT2D eigenvalue weighted by molar-refractivity contribution is 6.30. The maximum atomic E-state index is 6.00. The summed E-state index contributed by atoms with van der Waals surface area (Å²) in [5.41, 5.74) is 1.34. The molecule has 2 fully saturated rings. The van der Waals surface area contributed by atoms with Gasteiger partial charge in [0.2, 0.25) is 0 Å². The van der Waals surface area contributed by atoms with E-state index in [0.29, 0.717) is 12.1 Å². The van der Waals surface area contributed by atoms with E-state index in [1.165, 1.54) is 12.1 Å². The van der Waals surface area contributed by atoms with E-state index >= 15 is 0 Å². The summed E-state index contributed by atoms with van der Waals surface area (Å²) in [4.78, 5) is 5.02. The summed E-state index contributed by atoms with van der Waals surface area (Å²) >= 11 is 6.00. The molecule has 2 aromatic rings. The van der Waals surface area contributed by atoms with Gasteiger partial charge in [-0.2, -0.15) is 0 Å². The molecule has 2 heterocycles. The number of halogens is 1. The zero-order valence-corrected chi connectivity index (χ0v) is 13.8. The maximum Gasteiger partial charge on any atom is 0.124 e. The van der Waals surface area contributed by atoms with Crippen LogP contribution in [0.3, 0.4) is 0 Å². The number of ether oxygens (including phenoxy) is 1. The lowest BCUT2D eigenvalue weighted by atomic mass is 10.1. The van der Waals surface area contributed by atoms with Crippen LogP contribution in [0.5, 0.6) is 5.75 Å². The van der Waals surface area contributed by atoms with Crippen LogP contribution in [0.1, 0.15) is 6.42 Å². The molecule has 0 spiro atoms. The molecule has 0 aliphatic carbocycles. The Balaban J connectivity index is 1.28. The minimum atomic E-state index is 0.291. The number of para-hydroxylation sites is 1. The highest BCUT2D eigenvalue weighted by atomic mass is 35.5. The zero-order valence-electron chi connectivity index (χ0n) is 13.1. The second-order valence-electron chi connectivity index (χ2n) is 6.38. The fourth-order valence-corrected chi connectivity index (χ4v) is 3.67. The lowest BCUT2D eigenvalue weighted by Gasteiger charge is -2.42. The monoisotopic (exact) mass is 328 g/mol. The van der Waals surface area contributed by atoms with Crippen LogP contribution in [0.25, 0.3) is 0 Å². The van der Waals surface area contributed by atoms with Crippen LogP contribution in [0.4, 0.5) is 5.69 Å². The van der Waals surface area contributed by atoms with Crippen molar-refractivity contribution in [2.24, 2.45) is 0 Å². The third-order valence-corrected chi connectivity index (χ3v) is 5.01. The standard InChI is InChI=1S/C19H21ClN2O/c20-15-5-4-8-18(11-15)23-19-13-22(14-19)17-9-10-21(12-17)16-6-2-1-3-7-16/h1-8,11,17,19H,9-10,12-14H2/t17-/m0/s1. The normalized spacial score (nSPS) is 22.1. The number of hydrogen-bond acceptors (Lipinski definition) is 3. The highest BCUT2D eigenvalue weighted by Crippen LogP contribution is 2.27. The van der Waals surface area contributed by atoms with E-state index in [4.69, 9.17) is 16.3 Å². The molecule has 4 rings (SSSR count). The maximum absolute atomic E-state index is 6.00. The van der Waals surface area contributed by atoms with Crippen LogP contribution in [0, 0.1) is 0 Å². The van der Waals surface area contributed by atoms with Gasteiger partial charge in [-0.3, -0.25) is 4.90 Å². The number of likely N-dealkylation sites (tertiary alicyclic amines) is 1. The molecular weight excluding hydrogens is 308 g/mol. The molecule has 120 valence electrons. The van der Waals surface area contributed by atoms with Gasteiger partial charge < -0.3 is 9.64 Å². The van der Waals surface area contributed by atoms with Crippen LogP contribution < -0.4 is 9.64 Å². The molecule has 2 aliphatic heterocycles. The molecule has 2 saturated heterocycles. The van der Waals surface area contributed by atoms with Gasteiger partial charge in [-0.15, -0.1) is 0 Å². The molecule has 1 atom stereocenters. The third kappa shape index (κ3) is 3.31. The largest absolute Gasteiger partial charge is 0.488 e. The van der Waals surface area contributed by atoms with Gasteiger partial charge in [0.1, 0.15) is 11.9 Å². The van der Waals surface area contributed by atoms with Crippen molar-refractivity contribution in [2.45, 2.75) is 18.6 Å². The molecule has 0 unspecified atom stereocenters. The Kier molecular flexibility index (Phi) is 4.15. The van der Waals surface area contributed by atoms with E-state index in [-0.39, 0.29) is 0 Å². The van der Waals surface area contributed by atoms with Gasteiger partial charge in [-0.05, 0) is 36.8 Å². The number of rotatable bonds is 4. The fourth-order valence-electron chi connectivity index (χ4n) is 3.49. The second kappa shape index (κ2) is 6.42. The quantitative estimate of drug-likeness (QED) is 0.851. The van der Waals surface area contributed by atoms with Crippen LogP contribution >= 0.6 is 11.6 Å². The van der Waals surface area contributed by atoms with Crippen molar-refractivity contribution in [3.8, 4) is 5.75 Å². The summed E-state index contributed by atoms with van der Waals surface area (Å²) in [6, 6.07) is 19.0. The first-order valence-corrected chi connectivity index (χ1v) is 8.62. The van der Waals surface area contributed by atoms with Crippen LogP contribution in [0.15, 0.2) is 54.6 Å². The van der Waals surface area contributed by atoms with Gasteiger partial charge in [0.15, 0.2) is 0 Å². The Labute approximate surface area is 142 Å². The van der Waals surface area contributed by atoms with Gasteiger partial charge in [-0.1, -0.05) is 35.9 Å². The van der Waals surface area contributed by atoms with E-state index in [1.807, 2.05) is 24.3 Å². The van der Waals surface area contributed by atoms with Crippen LogP contribution in [-0.2, 0) is 0 Å². The van der Waals surface area contributed by atoms with Crippen molar-refractivity contribution in [1.82, 2.24) is 4.90 Å². The minimum absolute atomic E-state index is 0.291. The third-order valence-electron chi connectivity index (χ3n) is 4.78. The average molecular weight is 329 g/mol. The SMILES string of the molecule is Clc1cccc(OC2CN([C@H]3CCN(c4ccccc4)C3)C2)c1. The lowest BCUT2D eigenvalue weighted by Crippen LogP contribution is -2.58. The fraction of sp³-hybridized carbons (Fsp3) is 0.368. The van der Waals surface area contributed by atoms with Crippen molar-refractivity contribution < 1.29 is 4.74 Å². The molecule has 0 amide bonds. The van der Waals surface area contributed by atoms with Gasteiger partial charge in [0.25, 0.3) is 0 Å². The van der Waals surface area contributed by atoms with E-state index < -0.39 is 0 Å². The van der Waals surface area contributed by atoms with Crippen molar-refractivity contribution in [2.75, 3.05) is 31.1 Å². The van der Waals surface area contributed by atoms with Gasteiger partial charge in [-0.25, -0.2) is 0 Å². The molecule has 0 N–H and O–H groups in total. The molecule has 0 radical (unpaired) electrons. The molecule has 3 nitrogen and oxygen atoms in total. The van der Waals surface area contributed by atoms with E-state index in [1.54, 1.807) is 0 Å². The van der Waals surface area contributed by atoms with Crippen LogP contribution in [-0.4, -0.2) is 43.2 Å². The van der Waals surface area contributed by atoms with Gasteiger partial charge >= 0.3 is 0 Å². The predicted molar refractivity (Wildman–Crippen MR) is 94.5 cm³/mol. The Morgan fingerprint density at radius 1 is 0.957 bits per heavy atom. The van der Waals surface area contributed by atoms with Crippen molar-refractivity contribution in [3.05, 3.63) is 59.6 Å². The number of nitrogens with zero attached hydrogens (tertiary/aromatic N) is 2. The van der Waals surface area contributed by atoms with Crippen molar-refractivity contribution in [3.63, 3.8) is 0 Å². The second-order valence-corrected chi connectivity index (χ2v) is 6.81. The molecule has 23 heavy (non-hydrogen) atoms. The first-order valence-electron chi connectivity index (χ1n) is 8.24. The van der Waals surface area contributed by atoms with E-state index in [9.17, 15) is 0 Å². The summed E-state index contributed by atoms with van der Waals surface area (Å²) in [7, 11) is 0. The topological polar surface area (TPSA) is 15.7 Å². The Hall–Kier alpha value is -1.71. The van der Waals surface area contributed by atoms with Gasteiger partial charge in [0.05, 0.1) is 0 Å². The molecular formula is C19H21ClN2O. The first-order chi connectivity index (χ1) is 11.3. The smallest absolute Gasteiger partial charge is 0.124 e. The average Bonchev–Trinajstić information content (AvgIpc) is 3.01. The number of hydrogen-bond donors (Lipinski definition) is 0. The molecule has 0 aromatic heterocycles. The molecule has 2 aromatic carbocycles. The first kappa shape index (κ1) is 14.9. The summed E-state index contributed by atoms with van der Waals surface area (Å²) in [5.74, 6) is 0.875. The minimum Gasteiger partial charge on any atom is -0.488 e. The zero-order chi connectivity index (χ0) is 15.6. The molecule has 4 heteroatoms. The van der Waals surface area contributed by atoms with E-state index in [2.05, 4.69) is 40.1 Å². The predicted octanol–water partition coefficient (Wildman–Crippen LogP) is 3.68. The Morgan fingerprint density at radius 2 is 1.78 bits per heavy atom. The van der Waals surface area contributed by atoms with Crippen LogP contribution in [0.2, 0.25) is 5.02 Å². The number of anilines is 1. The van der Waals surface area contributed by atoms with Crippen molar-refractivity contribution in [1.29, 1.82) is 0 Å². The van der Waals surface area contributed by atoms with Crippen molar-refractivity contribution >= 4 is 17.3 Å². The highest BCUT2D eigenvalue weighted by Gasteiger charge is 2.37. The molecule has 0 saturated carbocycles. The Morgan fingerprint density at radius 3 is 2.57 bits per heavy atom. The summed E-state index contributed by atoms with van der Waals surface area (Å²) < 4.78 is 5.99. The summed E-state index contributed by atoms with van der Waals surface area (Å²) in [6.07, 6.45) is 1.53. The summed E-state index contributed by atoms with van der Waals surface area (Å²) in [5, 5.41) is 0.730. The lowest BCUT2D eigenvalue weighted by molar-refractivity contribution is -0.00359. The summed E-state index contributed by atoms with van der Waals surface area (Å²) in [6.45, 7) is 4.29. The van der Waals surface area contributed by atoms with E-state index in [0.717, 1.165) is 37.0 Å². The number of benzene rings is 2. The molecule has 2 aliphatic rings. The van der Waals surface area contributed by atoms with Gasteiger partial charge in [0, 0.05) is 42.9 Å². The Bertz CT molecular complexity index is 657.